The zero-order chi connectivity index (χ0) is 19.3. The van der Waals surface area contributed by atoms with Crippen molar-refractivity contribution < 1.29 is 9.78 Å². The summed E-state index contributed by atoms with van der Waals surface area (Å²) in [6.07, 6.45) is 4.37. The molecule has 2 saturated heterocycles. The average molecular weight is 398 g/mol. The van der Waals surface area contributed by atoms with Crippen molar-refractivity contribution in [2.75, 3.05) is 29.4 Å². The first kappa shape index (κ1) is 17.4. The highest BCUT2D eigenvalue weighted by Gasteiger charge is 2.50. The summed E-state index contributed by atoms with van der Waals surface area (Å²) < 4.78 is 0. The highest BCUT2D eigenvalue weighted by Crippen LogP contribution is 2.43. The molecule has 2 N–H and O–H groups in total. The van der Waals surface area contributed by atoms with E-state index < -0.39 is 0 Å². The lowest BCUT2D eigenvalue weighted by Gasteiger charge is -2.38. The fourth-order valence-electron chi connectivity index (χ4n) is 4.57. The Labute approximate surface area is 167 Å². The number of aromatic nitrogens is 4. The van der Waals surface area contributed by atoms with Crippen molar-refractivity contribution in [1.82, 2.24) is 15.0 Å². The van der Waals surface area contributed by atoms with Crippen LogP contribution in [0.25, 0.3) is 11.2 Å². The van der Waals surface area contributed by atoms with Crippen molar-refractivity contribution in [2.45, 2.75) is 26.2 Å². The van der Waals surface area contributed by atoms with Gasteiger partial charge in [0, 0.05) is 25.3 Å². The van der Waals surface area contributed by atoms with Gasteiger partial charge in [-0.3, -0.25) is 9.78 Å². The molecule has 1 unspecified atom stereocenters. The summed E-state index contributed by atoms with van der Waals surface area (Å²) >= 11 is 6.32. The average Bonchev–Trinajstić information content (AvgIpc) is 3.29. The van der Waals surface area contributed by atoms with Crippen molar-refractivity contribution in [1.29, 1.82) is 0 Å². The van der Waals surface area contributed by atoms with Gasteiger partial charge in [-0.1, -0.05) is 34.8 Å². The molecule has 1 aromatic carbocycles. The van der Waals surface area contributed by atoms with Crippen molar-refractivity contribution in [3.63, 3.8) is 0 Å². The lowest BCUT2D eigenvalue weighted by atomic mass is 9.78. The maximum atomic E-state index is 13.5. The highest BCUT2D eigenvalue weighted by atomic mass is 35.5. The van der Waals surface area contributed by atoms with Crippen LogP contribution in [0.1, 0.15) is 24.8 Å². The quantitative estimate of drug-likeness (QED) is 0.674. The zero-order valence-electron chi connectivity index (χ0n) is 15.7. The standard InChI is InChI=1S/C20H21ClN6O/c1-13-5-2-3-6-14(13)27-10-8-20(18(27)28)7-4-9-26(11-20)19-24-16(21)15-17(25-19)23-12-22-15/h2-3,5-6,12H,4,7-11H2,1H3,(H,22,23,24,25)/p+1. The van der Waals surface area contributed by atoms with Gasteiger partial charge >= 0.3 is 11.6 Å². The molecular weight excluding hydrogens is 376 g/mol. The van der Waals surface area contributed by atoms with Crippen molar-refractivity contribution in [3.8, 4) is 0 Å². The molecule has 2 aromatic heterocycles. The number of H-pyrrole nitrogens is 2. The number of benzene rings is 1. The number of hydrogen-bond donors (Lipinski definition) is 1. The van der Waals surface area contributed by atoms with E-state index >= 15 is 0 Å². The minimum absolute atomic E-state index is 0.215. The number of anilines is 2. The Morgan fingerprint density at radius 1 is 1.21 bits per heavy atom. The molecule has 1 atom stereocenters. The third kappa shape index (κ3) is 2.64. The Morgan fingerprint density at radius 2 is 2.07 bits per heavy atom. The number of carbonyl (C=O) groups excluding carboxylic acids is 1. The van der Waals surface area contributed by atoms with Crippen LogP contribution in [0.5, 0.6) is 0 Å². The van der Waals surface area contributed by atoms with E-state index in [1.165, 1.54) is 0 Å². The van der Waals surface area contributed by atoms with Gasteiger partial charge in [-0.25, -0.2) is 4.98 Å². The predicted octanol–water partition coefficient (Wildman–Crippen LogP) is 2.76. The number of para-hydroxylation sites is 1. The van der Waals surface area contributed by atoms with Gasteiger partial charge in [0.05, 0.1) is 5.41 Å². The molecule has 8 heteroatoms. The van der Waals surface area contributed by atoms with E-state index in [0.29, 0.717) is 28.8 Å². The van der Waals surface area contributed by atoms with Gasteiger partial charge in [0.1, 0.15) is 0 Å². The molecule has 7 nitrogen and oxygen atoms in total. The van der Waals surface area contributed by atoms with Crippen LogP contribution in [-0.2, 0) is 4.79 Å². The number of nitrogens with one attached hydrogen (secondary N) is 2. The van der Waals surface area contributed by atoms with Gasteiger partial charge in [0.2, 0.25) is 11.4 Å². The molecule has 2 aliphatic rings. The lowest BCUT2D eigenvalue weighted by Crippen LogP contribution is -2.48. The van der Waals surface area contributed by atoms with Crippen LogP contribution in [0.3, 0.4) is 0 Å². The minimum Gasteiger partial charge on any atom is -0.326 e. The molecule has 0 bridgehead atoms. The number of aryl methyl sites for hydroxylation is 1. The zero-order valence-corrected chi connectivity index (χ0v) is 16.5. The summed E-state index contributed by atoms with van der Waals surface area (Å²) in [5.74, 6) is 0.793. The molecule has 0 aliphatic carbocycles. The van der Waals surface area contributed by atoms with Crippen LogP contribution in [-0.4, -0.2) is 40.5 Å². The van der Waals surface area contributed by atoms with Crippen LogP contribution >= 0.6 is 11.6 Å². The van der Waals surface area contributed by atoms with E-state index in [1.807, 2.05) is 23.1 Å². The summed E-state index contributed by atoms with van der Waals surface area (Å²) in [6.45, 7) is 4.26. The number of nitrogens with zero attached hydrogens (tertiary/aromatic N) is 4. The second-order valence-corrected chi connectivity index (χ2v) is 8.13. The molecule has 5 rings (SSSR count). The second kappa shape index (κ2) is 6.44. The van der Waals surface area contributed by atoms with E-state index in [4.69, 9.17) is 11.6 Å². The van der Waals surface area contributed by atoms with Crippen LogP contribution in [0.4, 0.5) is 11.6 Å². The van der Waals surface area contributed by atoms with E-state index in [0.717, 1.165) is 43.6 Å². The molecule has 3 aromatic rings. The molecule has 4 heterocycles. The summed E-state index contributed by atoms with van der Waals surface area (Å²) in [4.78, 5) is 32.7. The van der Waals surface area contributed by atoms with E-state index in [9.17, 15) is 4.79 Å². The summed E-state index contributed by atoms with van der Waals surface area (Å²) in [6, 6.07) is 8.09. The number of hydrogen-bond acceptors (Lipinski definition) is 4. The second-order valence-electron chi connectivity index (χ2n) is 7.77. The number of rotatable bonds is 2. The fourth-order valence-corrected chi connectivity index (χ4v) is 4.79. The minimum atomic E-state index is -0.382. The number of carbonyl (C=O) groups is 1. The van der Waals surface area contributed by atoms with E-state index in [-0.39, 0.29) is 11.3 Å². The number of aromatic amines is 2. The van der Waals surface area contributed by atoms with E-state index in [2.05, 4.69) is 37.8 Å². The van der Waals surface area contributed by atoms with Crippen molar-refractivity contribution >= 4 is 40.3 Å². The maximum absolute atomic E-state index is 13.5. The Bertz CT molecular complexity index is 1070. The molecule has 28 heavy (non-hydrogen) atoms. The number of amides is 1. The van der Waals surface area contributed by atoms with E-state index in [1.54, 1.807) is 6.33 Å². The Kier molecular flexibility index (Phi) is 4.01. The third-order valence-corrected chi connectivity index (χ3v) is 6.33. The summed E-state index contributed by atoms with van der Waals surface area (Å²) in [7, 11) is 0. The van der Waals surface area contributed by atoms with Crippen molar-refractivity contribution in [2.24, 2.45) is 5.41 Å². The highest BCUT2D eigenvalue weighted by molar-refractivity contribution is 6.33. The van der Waals surface area contributed by atoms with Crippen LogP contribution < -0.4 is 14.8 Å². The molecule has 2 fully saturated rings. The van der Waals surface area contributed by atoms with Crippen molar-refractivity contribution in [3.05, 3.63) is 41.3 Å². The number of halogens is 1. The topological polar surface area (TPSA) is 79.3 Å². The Balaban J connectivity index is 1.45. The smallest absolute Gasteiger partial charge is 0.306 e. The molecule has 2 aliphatic heterocycles. The normalized spacial score (nSPS) is 22.6. The largest absolute Gasteiger partial charge is 0.326 e. The molecule has 144 valence electrons. The molecule has 1 amide bonds. The Morgan fingerprint density at radius 3 is 2.93 bits per heavy atom. The predicted molar refractivity (Wildman–Crippen MR) is 107 cm³/mol. The van der Waals surface area contributed by atoms with Crippen LogP contribution in [0.15, 0.2) is 30.6 Å². The summed E-state index contributed by atoms with van der Waals surface area (Å²) in [5, 5.41) is 0.389. The summed E-state index contributed by atoms with van der Waals surface area (Å²) in [5.41, 5.74) is 3.13. The van der Waals surface area contributed by atoms with Gasteiger partial charge in [0.15, 0.2) is 11.5 Å². The van der Waals surface area contributed by atoms with Gasteiger partial charge < -0.3 is 9.80 Å². The first-order chi connectivity index (χ1) is 13.6. The van der Waals surface area contributed by atoms with Crippen LogP contribution in [0, 0.1) is 12.3 Å². The fraction of sp³-hybridized carbons (Fsp3) is 0.400. The van der Waals surface area contributed by atoms with Gasteiger partial charge in [-0.2, -0.15) is 4.98 Å². The first-order valence-corrected chi connectivity index (χ1v) is 10.0. The number of imidazole rings is 1. The van der Waals surface area contributed by atoms with Gasteiger partial charge in [-0.15, -0.1) is 0 Å². The number of fused-ring (bicyclic) bond motifs is 1. The third-order valence-electron chi connectivity index (χ3n) is 6.06. The lowest BCUT2D eigenvalue weighted by molar-refractivity contribution is -0.347. The molecule has 0 saturated carbocycles. The number of piperidine rings is 1. The molecule has 0 radical (unpaired) electrons. The SMILES string of the molecule is Cc1ccccc1N1CCC2(CCCN(c3nc(Cl)c4[nH]c[nH+]c4n3)C2)C1=O. The van der Waals surface area contributed by atoms with Gasteiger partial charge in [0.25, 0.3) is 0 Å². The van der Waals surface area contributed by atoms with Crippen LogP contribution in [0.2, 0.25) is 5.15 Å². The monoisotopic (exact) mass is 397 g/mol. The Hall–Kier alpha value is -2.67. The molecule has 1 spiro atoms. The maximum Gasteiger partial charge on any atom is 0.306 e. The first-order valence-electron chi connectivity index (χ1n) is 9.62. The van der Waals surface area contributed by atoms with Gasteiger partial charge in [-0.05, 0) is 37.8 Å². The molecular formula is C20H22ClN6O+.